The van der Waals surface area contributed by atoms with Crippen LogP contribution in [0.3, 0.4) is 0 Å². The standard InChI is InChI=1S/C13H15N5O.ClH/c19-13(11-2-1-5-15-11)17-10-3-4-12(16-8-10)18-7-6-14-9-18;/h3-4,6-9,11,15H,1-2,5H2,(H,17,19);1H. The van der Waals surface area contributed by atoms with Crippen molar-refractivity contribution in [3.05, 3.63) is 37.1 Å². The Morgan fingerprint density at radius 2 is 2.35 bits per heavy atom. The Kier molecular flexibility index (Phi) is 4.70. The number of hydrogen-bond donors (Lipinski definition) is 2. The van der Waals surface area contributed by atoms with Gasteiger partial charge in [0.2, 0.25) is 5.91 Å². The number of halogens is 1. The zero-order valence-electron chi connectivity index (χ0n) is 10.8. The molecule has 1 aliphatic heterocycles. The van der Waals surface area contributed by atoms with Crippen LogP contribution < -0.4 is 10.6 Å². The van der Waals surface area contributed by atoms with Crippen molar-refractivity contribution >= 4 is 24.0 Å². The summed E-state index contributed by atoms with van der Waals surface area (Å²) >= 11 is 0. The lowest BCUT2D eigenvalue weighted by molar-refractivity contribution is -0.117. The van der Waals surface area contributed by atoms with Crippen LogP contribution in [0.5, 0.6) is 0 Å². The number of nitrogens with one attached hydrogen (secondary N) is 2. The Balaban J connectivity index is 0.00000147. The summed E-state index contributed by atoms with van der Waals surface area (Å²) in [5.41, 5.74) is 0.711. The van der Waals surface area contributed by atoms with Crippen LogP contribution in [0.4, 0.5) is 5.69 Å². The van der Waals surface area contributed by atoms with Crippen LogP contribution in [0.25, 0.3) is 5.82 Å². The smallest absolute Gasteiger partial charge is 0.241 e. The number of carbonyl (C=O) groups excluding carboxylic acids is 1. The first-order valence-electron chi connectivity index (χ1n) is 6.31. The molecule has 106 valence electrons. The second kappa shape index (κ2) is 6.49. The van der Waals surface area contributed by atoms with E-state index in [2.05, 4.69) is 20.6 Å². The van der Waals surface area contributed by atoms with Crippen molar-refractivity contribution < 1.29 is 4.79 Å². The molecule has 0 aromatic carbocycles. The molecule has 3 heterocycles. The summed E-state index contributed by atoms with van der Waals surface area (Å²) in [4.78, 5) is 20.2. The third kappa shape index (κ3) is 3.15. The molecule has 2 aromatic rings. The van der Waals surface area contributed by atoms with Gasteiger partial charge in [0.25, 0.3) is 0 Å². The monoisotopic (exact) mass is 293 g/mol. The molecule has 2 N–H and O–H groups in total. The van der Waals surface area contributed by atoms with Crippen molar-refractivity contribution in [2.24, 2.45) is 0 Å². The molecule has 1 atom stereocenters. The molecule has 0 saturated carbocycles. The highest BCUT2D eigenvalue weighted by Gasteiger charge is 2.21. The molecular weight excluding hydrogens is 278 g/mol. The maximum atomic E-state index is 11.9. The van der Waals surface area contributed by atoms with Gasteiger partial charge in [0, 0.05) is 12.4 Å². The Morgan fingerprint density at radius 1 is 1.45 bits per heavy atom. The molecule has 1 fully saturated rings. The SMILES string of the molecule is Cl.O=C(Nc1ccc(-n2ccnc2)nc1)C1CCCN1. The van der Waals surface area contributed by atoms with Gasteiger partial charge in [-0.3, -0.25) is 9.36 Å². The Hall–Kier alpha value is -1.92. The van der Waals surface area contributed by atoms with Crippen LogP contribution in [0, 0.1) is 0 Å². The minimum absolute atomic E-state index is 0. The van der Waals surface area contributed by atoms with E-state index in [4.69, 9.17) is 0 Å². The third-order valence-corrected chi connectivity index (χ3v) is 3.16. The summed E-state index contributed by atoms with van der Waals surface area (Å²) in [6.07, 6.45) is 8.81. The summed E-state index contributed by atoms with van der Waals surface area (Å²) in [6, 6.07) is 3.61. The van der Waals surface area contributed by atoms with Crippen molar-refractivity contribution in [2.45, 2.75) is 18.9 Å². The largest absolute Gasteiger partial charge is 0.323 e. The predicted octanol–water partition coefficient (Wildman–Crippen LogP) is 1.38. The molecule has 1 aliphatic rings. The molecule has 1 unspecified atom stereocenters. The fraction of sp³-hybridized carbons (Fsp3) is 0.308. The van der Waals surface area contributed by atoms with Crippen LogP contribution in [0.15, 0.2) is 37.1 Å². The maximum absolute atomic E-state index is 11.9. The molecule has 0 bridgehead atoms. The van der Waals surface area contributed by atoms with Gasteiger partial charge in [-0.05, 0) is 31.5 Å². The van der Waals surface area contributed by atoms with E-state index in [9.17, 15) is 4.79 Å². The lowest BCUT2D eigenvalue weighted by Gasteiger charge is -2.11. The fourth-order valence-corrected chi connectivity index (χ4v) is 2.15. The highest BCUT2D eigenvalue weighted by molar-refractivity contribution is 5.94. The van der Waals surface area contributed by atoms with Gasteiger partial charge in [-0.25, -0.2) is 9.97 Å². The number of amides is 1. The first kappa shape index (κ1) is 14.5. The average Bonchev–Trinajstić information content (AvgIpc) is 3.13. The van der Waals surface area contributed by atoms with E-state index in [1.165, 1.54) is 0 Å². The quantitative estimate of drug-likeness (QED) is 0.897. The summed E-state index contributed by atoms with van der Waals surface area (Å²) in [7, 11) is 0. The van der Waals surface area contributed by atoms with E-state index in [-0.39, 0.29) is 24.4 Å². The number of hydrogen-bond acceptors (Lipinski definition) is 4. The highest BCUT2D eigenvalue weighted by atomic mass is 35.5. The molecule has 6 nitrogen and oxygen atoms in total. The van der Waals surface area contributed by atoms with Crippen LogP contribution in [-0.4, -0.2) is 33.0 Å². The number of pyridine rings is 1. The van der Waals surface area contributed by atoms with Gasteiger partial charge in [0.05, 0.1) is 17.9 Å². The zero-order valence-corrected chi connectivity index (χ0v) is 11.6. The van der Waals surface area contributed by atoms with Crippen LogP contribution in [-0.2, 0) is 4.79 Å². The number of carbonyl (C=O) groups is 1. The molecule has 1 saturated heterocycles. The molecular formula is C13H16ClN5O. The topological polar surface area (TPSA) is 71.8 Å². The van der Waals surface area contributed by atoms with E-state index >= 15 is 0 Å². The molecule has 20 heavy (non-hydrogen) atoms. The van der Waals surface area contributed by atoms with E-state index in [1.54, 1.807) is 18.7 Å². The van der Waals surface area contributed by atoms with Gasteiger partial charge >= 0.3 is 0 Å². The van der Waals surface area contributed by atoms with E-state index in [0.29, 0.717) is 5.69 Å². The summed E-state index contributed by atoms with van der Waals surface area (Å²) in [5, 5.41) is 6.03. The van der Waals surface area contributed by atoms with Crippen molar-refractivity contribution in [1.29, 1.82) is 0 Å². The molecule has 7 heteroatoms. The predicted molar refractivity (Wildman–Crippen MR) is 78.3 cm³/mol. The summed E-state index contributed by atoms with van der Waals surface area (Å²) in [5.74, 6) is 0.782. The lowest BCUT2D eigenvalue weighted by Crippen LogP contribution is -2.35. The number of aromatic nitrogens is 3. The normalized spacial score (nSPS) is 17.5. The molecule has 1 amide bonds. The Labute approximate surface area is 123 Å². The first-order chi connectivity index (χ1) is 9.33. The summed E-state index contributed by atoms with van der Waals surface area (Å²) < 4.78 is 1.81. The van der Waals surface area contributed by atoms with E-state index in [0.717, 1.165) is 25.2 Å². The van der Waals surface area contributed by atoms with Crippen molar-refractivity contribution in [1.82, 2.24) is 19.9 Å². The average molecular weight is 294 g/mol. The van der Waals surface area contributed by atoms with Gasteiger partial charge in [-0.2, -0.15) is 0 Å². The molecule has 3 rings (SSSR count). The highest BCUT2D eigenvalue weighted by Crippen LogP contribution is 2.12. The van der Waals surface area contributed by atoms with Gasteiger partial charge in [-0.1, -0.05) is 0 Å². The zero-order chi connectivity index (χ0) is 13.1. The first-order valence-corrected chi connectivity index (χ1v) is 6.31. The Bertz CT molecular complexity index is 549. The molecule has 2 aromatic heterocycles. The lowest BCUT2D eigenvalue weighted by atomic mass is 10.2. The van der Waals surface area contributed by atoms with Crippen LogP contribution in [0.2, 0.25) is 0 Å². The van der Waals surface area contributed by atoms with E-state index < -0.39 is 0 Å². The minimum Gasteiger partial charge on any atom is -0.323 e. The number of nitrogens with zero attached hydrogens (tertiary/aromatic N) is 3. The minimum atomic E-state index is -0.0756. The van der Waals surface area contributed by atoms with Gasteiger partial charge in [0.15, 0.2) is 0 Å². The molecule has 0 aliphatic carbocycles. The molecule has 0 radical (unpaired) electrons. The van der Waals surface area contributed by atoms with Gasteiger partial charge in [0.1, 0.15) is 12.1 Å². The van der Waals surface area contributed by atoms with Crippen LogP contribution in [0.1, 0.15) is 12.8 Å². The summed E-state index contributed by atoms with van der Waals surface area (Å²) in [6.45, 7) is 0.913. The second-order valence-electron chi connectivity index (χ2n) is 4.51. The van der Waals surface area contributed by atoms with E-state index in [1.807, 2.05) is 22.9 Å². The number of rotatable bonds is 3. The second-order valence-corrected chi connectivity index (χ2v) is 4.51. The Morgan fingerprint density at radius 3 is 2.95 bits per heavy atom. The van der Waals surface area contributed by atoms with Crippen molar-refractivity contribution in [2.75, 3.05) is 11.9 Å². The van der Waals surface area contributed by atoms with Crippen LogP contribution >= 0.6 is 12.4 Å². The van der Waals surface area contributed by atoms with Gasteiger partial charge in [-0.15, -0.1) is 12.4 Å². The van der Waals surface area contributed by atoms with Crippen molar-refractivity contribution in [3.63, 3.8) is 0 Å². The molecule has 0 spiro atoms. The number of imidazole rings is 1. The maximum Gasteiger partial charge on any atom is 0.241 e. The fourth-order valence-electron chi connectivity index (χ4n) is 2.15. The van der Waals surface area contributed by atoms with Crippen molar-refractivity contribution in [3.8, 4) is 5.82 Å². The number of anilines is 1. The third-order valence-electron chi connectivity index (χ3n) is 3.16. The van der Waals surface area contributed by atoms with Gasteiger partial charge < -0.3 is 10.6 Å².